The first-order valence-corrected chi connectivity index (χ1v) is 7.99. The number of rotatable bonds is 8. The summed E-state index contributed by atoms with van der Waals surface area (Å²) in [6.45, 7) is 8.01. The second-order valence-corrected chi connectivity index (χ2v) is 6.65. The number of benzene rings is 1. The largest absolute Gasteiger partial charge is 0.356 e. The van der Waals surface area contributed by atoms with Crippen LogP contribution in [0.2, 0.25) is 0 Å². The van der Waals surface area contributed by atoms with E-state index in [1.807, 2.05) is 0 Å². The van der Waals surface area contributed by atoms with Crippen LogP contribution in [0, 0.1) is 0 Å². The van der Waals surface area contributed by atoms with E-state index in [1.54, 1.807) is 0 Å². The van der Waals surface area contributed by atoms with Crippen LogP contribution in [0.1, 0.15) is 57.6 Å². The monoisotopic (exact) mass is 290 g/mol. The van der Waals surface area contributed by atoms with E-state index < -0.39 is 0 Å². The predicted octanol–water partition coefficient (Wildman–Crippen LogP) is 3.16. The van der Waals surface area contributed by atoms with Crippen molar-refractivity contribution in [3.05, 3.63) is 35.4 Å². The zero-order valence-electron chi connectivity index (χ0n) is 13.7. The highest BCUT2D eigenvalue weighted by Gasteiger charge is 2.12. The Morgan fingerprint density at radius 1 is 1.10 bits per heavy atom. The van der Waals surface area contributed by atoms with Gasteiger partial charge in [0.2, 0.25) is 5.91 Å². The first kappa shape index (κ1) is 17.7. The minimum Gasteiger partial charge on any atom is -0.356 e. The summed E-state index contributed by atoms with van der Waals surface area (Å²) in [5.41, 5.74) is 8.31. The highest BCUT2D eigenvalue weighted by Crippen LogP contribution is 2.22. The summed E-state index contributed by atoms with van der Waals surface area (Å²) in [6, 6.07) is 8.85. The number of carbonyl (C=O) groups excluding carboxylic acids is 1. The summed E-state index contributed by atoms with van der Waals surface area (Å²) in [5, 5.41) is 2.89. The maximum Gasteiger partial charge on any atom is 0.219 e. The number of unbranched alkanes of at least 4 members (excludes halogenated alkanes) is 1. The molecule has 0 aliphatic rings. The molecule has 0 saturated carbocycles. The fraction of sp³-hybridized carbons (Fsp3) is 0.611. The third-order valence-electron chi connectivity index (χ3n) is 3.64. The van der Waals surface area contributed by atoms with Gasteiger partial charge in [-0.1, -0.05) is 45.0 Å². The molecule has 1 aromatic rings. The average molecular weight is 290 g/mol. The number of hydrogen-bond acceptors (Lipinski definition) is 2. The molecule has 3 N–H and O–H groups in total. The number of carbonyl (C=O) groups is 1. The van der Waals surface area contributed by atoms with Gasteiger partial charge in [0.15, 0.2) is 0 Å². The van der Waals surface area contributed by atoms with Crippen molar-refractivity contribution in [1.82, 2.24) is 5.32 Å². The lowest BCUT2D eigenvalue weighted by Gasteiger charge is -2.19. The van der Waals surface area contributed by atoms with Crippen molar-refractivity contribution in [2.24, 2.45) is 5.73 Å². The van der Waals surface area contributed by atoms with Gasteiger partial charge in [-0.05, 0) is 48.8 Å². The summed E-state index contributed by atoms with van der Waals surface area (Å²) >= 11 is 0. The molecule has 0 heterocycles. The summed E-state index contributed by atoms with van der Waals surface area (Å²) < 4.78 is 0. The van der Waals surface area contributed by atoms with Gasteiger partial charge in [-0.3, -0.25) is 4.79 Å². The van der Waals surface area contributed by atoms with E-state index in [1.165, 1.54) is 11.1 Å². The lowest BCUT2D eigenvalue weighted by molar-refractivity contribution is -0.121. The molecule has 1 amide bonds. The molecule has 0 aliphatic carbocycles. The third-order valence-corrected chi connectivity index (χ3v) is 3.64. The van der Waals surface area contributed by atoms with Gasteiger partial charge in [0, 0.05) is 13.0 Å². The average Bonchev–Trinajstić information content (AvgIpc) is 2.43. The smallest absolute Gasteiger partial charge is 0.219 e. The Labute approximate surface area is 129 Å². The van der Waals surface area contributed by atoms with Gasteiger partial charge in [-0.15, -0.1) is 0 Å². The van der Waals surface area contributed by atoms with Crippen LogP contribution >= 0.6 is 0 Å². The van der Waals surface area contributed by atoms with Gasteiger partial charge in [0.1, 0.15) is 0 Å². The summed E-state index contributed by atoms with van der Waals surface area (Å²) in [7, 11) is 0. The topological polar surface area (TPSA) is 55.1 Å². The second kappa shape index (κ2) is 8.83. The first-order chi connectivity index (χ1) is 9.93. The van der Waals surface area contributed by atoms with E-state index in [9.17, 15) is 4.79 Å². The van der Waals surface area contributed by atoms with E-state index in [0.29, 0.717) is 19.5 Å². The molecule has 0 saturated heterocycles. The van der Waals surface area contributed by atoms with Crippen LogP contribution < -0.4 is 11.1 Å². The van der Waals surface area contributed by atoms with Gasteiger partial charge >= 0.3 is 0 Å². The first-order valence-electron chi connectivity index (χ1n) is 7.99. The maximum absolute atomic E-state index is 11.5. The standard InChI is InChI=1S/C18H30N2O/c1-18(2,3)16-11-9-15(10-12-16)7-4-5-8-17(21)20-14-6-13-19/h9-12H,4-8,13-14,19H2,1-3H3,(H,20,21). The lowest BCUT2D eigenvalue weighted by atomic mass is 9.86. The molecular weight excluding hydrogens is 260 g/mol. The number of aryl methyl sites for hydroxylation is 1. The number of nitrogens with two attached hydrogens (primary N) is 1. The normalized spacial score (nSPS) is 11.4. The van der Waals surface area contributed by atoms with Gasteiger partial charge in [0.05, 0.1) is 0 Å². The molecule has 0 unspecified atom stereocenters. The zero-order chi connectivity index (χ0) is 15.7. The van der Waals surface area contributed by atoms with E-state index in [0.717, 1.165) is 25.7 Å². The lowest BCUT2D eigenvalue weighted by Crippen LogP contribution is -2.25. The van der Waals surface area contributed by atoms with E-state index in [-0.39, 0.29) is 11.3 Å². The Hall–Kier alpha value is -1.35. The van der Waals surface area contributed by atoms with Gasteiger partial charge in [-0.25, -0.2) is 0 Å². The molecule has 118 valence electrons. The summed E-state index contributed by atoms with van der Waals surface area (Å²) in [4.78, 5) is 11.5. The highest BCUT2D eigenvalue weighted by atomic mass is 16.1. The van der Waals surface area contributed by atoms with Crippen molar-refractivity contribution in [1.29, 1.82) is 0 Å². The van der Waals surface area contributed by atoms with Crippen LogP contribution in [-0.4, -0.2) is 19.0 Å². The molecule has 0 spiro atoms. The Bertz CT molecular complexity index is 418. The van der Waals surface area contributed by atoms with Gasteiger partial charge in [-0.2, -0.15) is 0 Å². The number of nitrogens with one attached hydrogen (secondary N) is 1. The Kier molecular flexibility index (Phi) is 7.44. The molecule has 1 rings (SSSR count). The third kappa shape index (κ3) is 7.28. The fourth-order valence-electron chi connectivity index (χ4n) is 2.20. The molecule has 0 aliphatic heterocycles. The summed E-state index contributed by atoms with van der Waals surface area (Å²) in [6.07, 6.45) is 4.51. The number of hydrogen-bond donors (Lipinski definition) is 2. The molecular formula is C18H30N2O. The van der Waals surface area contributed by atoms with Crippen molar-refractivity contribution in [3.8, 4) is 0 Å². The van der Waals surface area contributed by atoms with E-state index >= 15 is 0 Å². The van der Waals surface area contributed by atoms with Gasteiger partial charge < -0.3 is 11.1 Å². The Balaban J connectivity index is 2.22. The van der Waals surface area contributed by atoms with Crippen LogP contribution in [0.5, 0.6) is 0 Å². The van der Waals surface area contributed by atoms with Crippen molar-refractivity contribution in [2.75, 3.05) is 13.1 Å². The highest BCUT2D eigenvalue weighted by molar-refractivity contribution is 5.75. The maximum atomic E-state index is 11.5. The number of amides is 1. The van der Waals surface area contributed by atoms with Crippen molar-refractivity contribution in [3.63, 3.8) is 0 Å². The van der Waals surface area contributed by atoms with Crippen LogP contribution in [0.25, 0.3) is 0 Å². The van der Waals surface area contributed by atoms with Crippen LogP contribution in [0.4, 0.5) is 0 Å². The Morgan fingerprint density at radius 3 is 2.33 bits per heavy atom. The second-order valence-electron chi connectivity index (χ2n) is 6.65. The van der Waals surface area contributed by atoms with E-state index in [4.69, 9.17) is 5.73 Å². The minimum atomic E-state index is 0.145. The van der Waals surface area contributed by atoms with E-state index in [2.05, 4.69) is 50.4 Å². The molecule has 0 atom stereocenters. The quantitative estimate of drug-likeness (QED) is 0.723. The van der Waals surface area contributed by atoms with Crippen LogP contribution in [-0.2, 0) is 16.6 Å². The SMILES string of the molecule is CC(C)(C)c1ccc(CCCCC(=O)NCCCN)cc1. The molecule has 0 fully saturated rings. The molecule has 1 aromatic carbocycles. The van der Waals surface area contributed by atoms with Gasteiger partial charge in [0.25, 0.3) is 0 Å². The van der Waals surface area contributed by atoms with Crippen molar-refractivity contribution >= 4 is 5.91 Å². The van der Waals surface area contributed by atoms with Crippen molar-refractivity contribution < 1.29 is 4.79 Å². The van der Waals surface area contributed by atoms with Crippen LogP contribution in [0.15, 0.2) is 24.3 Å². The van der Waals surface area contributed by atoms with Crippen molar-refractivity contribution in [2.45, 2.75) is 58.3 Å². The predicted molar refractivity (Wildman–Crippen MR) is 89.4 cm³/mol. The molecule has 21 heavy (non-hydrogen) atoms. The zero-order valence-corrected chi connectivity index (χ0v) is 13.7. The molecule has 0 bridgehead atoms. The minimum absolute atomic E-state index is 0.145. The fourth-order valence-corrected chi connectivity index (χ4v) is 2.20. The molecule has 0 radical (unpaired) electrons. The summed E-state index contributed by atoms with van der Waals surface area (Å²) in [5.74, 6) is 0.145. The molecule has 0 aromatic heterocycles. The molecule has 3 nitrogen and oxygen atoms in total. The molecule has 3 heteroatoms. The Morgan fingerprint density at radius 2 is 1.76 bits per heavy atom. The van der Waals surface area contributed by atoms with Crippen LogP contribution in [0.3, 0.4) is 0 Å².